The van der Waals surface area contributed by atoms with Gasteiger partial charge in [-0.2, -0.15) is 0 Å². The van der Waals surface area contributed by atoms with Gasteiger partial charge in [0.15, 0.2) is 0 Å². The van der Waals surface area contributed by atoms with Gasteiger partial charge < -0.3 is 15.0 Å². The van der Waals surface area contributed by atoms with E-state index in [2.05, 4.69) is 5.32 Å². The zero-order valence-electron chi connectivity index (χ0n) is 16.9. The van der Waals surface area contributed by atoms with Gasteiger partial charge in [-0.25, -0.2) is 4.39 Å². The first-order valence-corrected chi connectivity index (χ1v) is 10.6. The molecule has 1 aromatic carbocycles. The maximum atomic E-state index is 13.5. The SMILES string of the molecule is CC(C)N1C[C@]23C=C[C@H](O2)[C@H](C(=O)NC2(c4ccc(F)cc4)CCCC2)[C@@H]3C1=O. The lowest BCUT2D eigenvalue weighted by atomic mass is 9.76. The van der Waals surface area contributed by atoms with Crippen LogP contribution in [0.1, 0.15) is 45.1 Å². The van der Waals surface area contributed by atoms with Crippen molar-refractivity contribution >= 4 is 11.8 Å². The molecule has 6 heteroatoms. The zero-order valence-corrected chi connectivity index (χ0v) is 16.9. The highest BCUT2D eigenvalue weighted by atomic mass is 19.1. The van der Waals surface area contributed by atoms with Gasteiger partial charge in [-0.05, 0) is 44.4 Å². The van der Waals surface area contributed by atoms with Gasteiger partial charge in [0.05, 0.1) is 30.0 Å². The monoisotopic (exact) mass is 398 g/mol. The van der Waals surface area contributed by atoms with E-state index >= 15 is 0 Å². The molecule has 1 N–H and O–H groups in total. The molecule has 5 rings (SSSR count). The highest BCUT2D eigenvalue weighted by molar-refractivity contribution is 5.93. The molecule has 1 saturated carbocycles. The summed E-state index contributed by atoms with van der Waals surface area (Å²) < 4.78 is 19.6. The van der Waals surface area contributed by atoms with Crippen molar-refractivity contribution < 1.29 is 18.7 Å². The van der Waals surface area contributed by atoms with E-state index in [0.717, 1.165) is 31.2 Å². The van der Waals surface area contributed by atoms with Gasteiger partial charge in [0.2, 0.25) is 11.8 Å². The van der Waals surface area contributed by atoms with Gasteiger partial charge in [-0.1, -0.05) is 37.1 Å². The molecule has 2 saturated heterocycles. The summed E-state index contributed by atoms with van der Waals surface area (Å²) in [6, 6.07) is 6.49. The molecule has 29 heavy (non-hydrogen) atoms. The summed E-state index contributed by atoms with van der Waals surface area (Å²) in [4.78, 5) is 28.5. The molecular weight excluding hydrogens is 371 g/mol. The Morgan fingerprint density at radius 1 is 1.24 bits per heavy atom. The number of nitrogens with one attached hydrogen (secondary N) is 1. The maximum absolute atomic E-state index is 13.5. The van der Waals surface area contributed by atoms with E-state index in [9.17, 15) is 14.0 Å². The van der Waals surface area contributed by atoms with Gasteiger partial charge in [0.1, 0.15) is 11.4 Å². The largest absolute Gasteiger partial charge is 0.360 e. The highest BCUT2D eigenvalue weighted by Crippen LogP contribution is 2.52. The standard InChI is InChI=1S/C23H27FN2O3/c1-14(2)26-13-23-12-9-17(29-23)18(19(23)21(26)28)20(27)25-22(10-3-4-11-22)15-5-7-16(24)8-6-15/h5-9,12,14,17-19H,3-4,10-11,13H2,1-2H3,(H,25,27)/t17-,18-,19+,23-/m0/s1. The van der Waals surface area contributed by atoms with Crippen LogP contribution in [-0.2, 0) is 19.9 Å². The smallest absolute Gasteiger partial charge is 0.230 e. The molecule has 1 aromatic rings. The molecule has 3 heterocycles. The molecule has 3 aliphatic heterocycles. The number of halogens is 1. The Bertz CT molecular complexity index is 875. The van der Waals surface area contributed by atoms with E-state index in [0.29, 0.717) is 6.54 Å². The van der Waals surface area contributed by atoms with E-state index < -0.39 is 23.0 Å². The van der Waals surface area contributed by atoms with E-state index in [1.165, 1.54) is 12.1 Å². The van der Waals surface area contributed by atoms with Gasteiger partial charge in [-0.15, -0.1) is 0 Å². The fraction of sp³-hybridized carbons (Fsp3) is 0.565. The van der Waals surface area contributed by atoms with E-state index in [1.807, 2.05) is 30.9 Å². The lowest BCUT2D eigenvalue weighted by molar-refractivity contribution is -0.139. The second-order valence-corrected chi connectivity index (χ2v) is 9.25. The third-order valence-corrected chi connectivity index (χ3v) is 7.27. The summed E-state index contributed by atoms with van der Waals surface area (Å²) in [6.45, 7) is 4.49. The molecule has 0 unspecified atom stereocenters. The quantitative estimate of drug-likeness (QED) is 0.794. The third kappa shape index (κ3) is 2.68. The van der Waals surface area contributed by atoms with Crippen molar-refractivity contribution in [1.29, 1.82) is 0 Å². The number of hydrogen-bond donors (Lipinski definition) is 1. The van der Waals surface area contributed by atoms with Crippen LogP contribution in [0, 0.1) is 17.7 Å². The van der Waals surface area contributed by atoms with Gasteiger partial charge in [0.25, 0.3) is 0 Å². The average molecular weight is 398 g/mol. The minimum Gasteiger partial charge on any atom is -0.360 e. The molecule has 4 aliphatic rings. The molecule has 1 spiro atoms. The summed E-state index contributed by atoms with van der Waals surface area (Å²) in [6.07, 6.45) is 7.23. The van der Waals surface area contributed by atoms with E-state index in [1.54, 1.807) is 12.1 Å². The number of nitrogens with zero attached hydrogens (tertiary/aromatic N) is 1. The first-order valence-electron chi connectivity index (χ1n) is 10.6. The molecule has 0 radical (unpaired) electrons. The Balaban J connectivity index is 1.44. The Labute approximate surface area is 170 Å². The molecular formula is C23H27FN2O3. The van der Waals surface area contributed by atoms with E-state index in [-0.39, 0.29) is 29.8 Å². The van der Waals surface area contributed by atoms with Crippen LogP contribution in [0.3, 0.4) is 0 Å². The van der Waals surface area contributed by atoms with Gasteiger partial charge >= 0.3 is 0 Å². The van der Waals surface area contributed by atoms with Crippen LogP contribution in [0.5, 0.6) is 0 Å². The van der Waals surface area contributed by atoms with Crippen molar-refractivity contribution in [2.24, 2.45) is 11.8 Å². The predicted molar refractivity (Wildman–Crippen MR) is 105 cm³/mol. The zero-order chi connectivity index (χ0) is 20.4. The molecule has 5 nitrogen and oxygen atoms in total. The van der Waals surface area contributed by atoms with Crippen LogP contribution >= 0.6 is 0 Å². The fourth-order valence-corrected chi connectivity index (χ4v) is 5.82. The summed E-state index contributed by atoms with van der Waals surface area (Å²) in [5.41, 5.74) is -0.240. The molecule has 2 amide bonds. The minimum absolute atomic E-state index is 0.00857. The summed E-state index contributed by atoms with van der Waals surface area (Å²) in [5.74, 6) is -1.39. The normalized spacial score (nSPS) is 34.3. The summed E-state index contributed by atoms with van der Waals surface area (Å²) in [5, 5.41) is 3.28. The van der Waals surface area contributed by atoms with Gasteiger partial charge in [-0.3, -0.25) is 9.59 Å². The van der Waals surface area contributed by atoms with Crippen molar-refractivity contribution in [2.45, 2.75) is 62.8 Å². The molecule has 4 atom stereocenters. The summed E-state index contributed by atoms with van der Waals surface area (Å²) in [7, 11) is 0. The lowest BCUT2D eigenvalue weighted by Crippen LogP contribution is -2.51. The van der Waals surface area contributed by atoms with Crippen molar-refractivity contribution in [2.75, 3.05) is 6.54 Å². The average Bonchev–Trinajstić information content (AvgIpc) is 3.44. The van der Waals surface area contributed by atoms with E-state index in [4.69, 9.17) is 4.74 Å². The van der Waals surface area contributed by atoms with Crippen molar-refractivity contribution in [3.63, 3.8) is 0 Å². The number of fused-ring (bicyclic) bond motifs is 1. The Morgan fingerprint density at radius 3 is 2.59 bits per heavy atom. The highest BCUT2D eigenvalue weighted by Gasteiger charge is 2.67. The number of rotatable bonds is 4. The lowest BCUT2D eigenvalue weighted by Gasteiger charge is -2.34. The van der Waals surface area contributed by atoms with Crippen LogP contribution in [0.25, 0.3) is 0 Å². The second-order valence-electron chi connectivity index (χ2n) is 9.25. The van der Waals surface area contributed by atoms with Crippen molar-refractivity contribution in [1.82, 2.24) is 10.2 Å². The Hall–Kier alpha value is -2.21. The van der Waals surface area contributed by atoms with Crippen LogP contribution in [0.4, 0.5) is 4.39 Å². The number of benzene rings is 1. The van der Waals surface area contributed by atoms with Crippen LogP contribution in [-0.4, -0.2) is 41.0 Å². The van der Waals surface area contributed by atoms with Crippen LogP contribution in [0.2, 0.25) is 0 Å². The number of ether oxygens (including phenoxy) is 1. The minimum atomic E-state index is -0.674. The number of carbonyl (C=O) groups excluding carboxylic acids is 2. The number of carbonyl (C=O) groups is 2. The first kappa shape index (κ1) is 18.8. The predicted octanol–water partition coefficient (Wildman–Crippen LogP) is 2.90. The van der Waals surface area contributed by atoms with Crippen molar-refractivity contribution in [3.05, 3.63) is 47.8 Å². The molecule has 0 aromatic heterocycles. The van der Waals surface area contributed by atoms with Crippen LogP contribution in [0.15, 0.2) is 36.4 Å². The second kappa shape index (κ2) is 6.39. The van der Waals surface area contributed by atoms with Crippen molar-refractivity contribution in [3.8, 4) is 0 Å². The Kier molecular flexibility index (Phi) is 4.14. The van der Waals surface area contributed by atoms with Gasteiger partial charge in [0, 0.05) is 6.04 Å². The number of hydrogen-bond acceptors (Lipinski definition) is 3. The topological polar surface area (TPSA) is 58.6 Å². The first-order chi connectivity index (χ1) is 13.9. The summed E-state index contributed by atoms with van der Waals surface area (Å²) >= 11 is 0. The number of amides is 2. The Morgan fingerprint density at radius 2 is 1.93 bits per heavy atom. The molecule has 2 bridgehead atoms. The van der Waals surface area contributed by atoms with Crippen LogP contribution < -0.4 is 5.32 Å². The molecule has 1 aliphatic carbocycles. The molecule has 3 fully saturated rings. The number of likely N-dealkylation sites (tertiary alicyclic amines) is 1. The fourth-order valence-electron chi connectivity index (χ4n) is 5.82. The molecule has 154 valence electrons. The maximum Gasteiger partial charge on any atom is 0.230 e. The third-order valence-electron chi connectivity index (χ3n) is 7.27.